The van der Waals surface area contributed by atoms with Crippen LogP contribution >= 0.6 is 0 Å². The number of carbonyl (C=O) groups is 1. The van der Waals surface area contributed by atoms with Gasteiger partial charge in [-0.1, -0.05) is 6.92 Å². The highest BCUT2D eigenvalue weighted by Crippen LogP contribution is 2.11. The number of anilines is 1. The highest BCUT2D eigenvalue weighted by Gasteiger charge is 2.09. The van der Waals surface area contributed by atoms with Crippen LogP contribution in [0.1, 0.15) is 17.3 Å². The summed E-state index contributed by atoms with van der Waals surface area (Å²) in [6.45, 7) is 1.98. The van der Waals surface area contributed by atoms with Crippen molar-refractivity contribution in [2.75, 3.05) is 18.4 Å². The van der Waals surface area contributed by atoms with Gasteiger partial charge in [-0.05, 0) is 24.3 Å². The minimum absolute atomic E-state index is 0.301. The van der Waals surface area contributed by atoms with Gasteiger partial charge in [-0.15, -0.1) is 0 Å². The molecule has 94 valence electrons. The second kappa shape index (κ2) is 5.65. The molecule has 0 amide bonds. The van der Waals surface area contributed by atoms with Crippen molar-refractivity contribution < 1.29 is 17.9 Å². The fraction of sp³-hybridized carbons (Fsp3) is 0.300. The van der Waals surface area contributed by atoms with Crippen molar-refractivity contribution in [3.63, 3.8) is 0 Å². The van der Waals surface area contributed by atoms with Gasteiger partial charge in [0.2, 0.25) is 0 Å². The Kier molecular flexibility index (Phi) is 4.47. The molecule has 0 aromatic heterocycles. The second-order valence-electron chi connectivity index (χ2n) is 3.17. The molecule has 0 radical (unpaired) electrons. The first kappa shape index (κ1) is 13.5. The minimum atomic E-state index is -3.54. The fourth-order valence-corrected chi connectivity index (χ4v) is 2.07. The zero-order chi connectivity index (χ0) is 12.9. The highest BCUT2D eigenvalue weighted by atomic mass is 32.2. The van der Waals surface area contributed by atoms with Gasteiger partial charge in [0.25, 0.3) is 10.2 Å². The normalized spacial score (nSPS) is 10.9. The third-order valence-electron chi connectivity index (χ3n) is 1.89. The third kappa shape index (κ3) is 4.04. The molecule has 0 bridgehead atoms. The van der Waals surface area contributed by atoms with E-state index in [-0.39, 0.29) is 0 Å². The third-order valence-corrected chi connectivity index (χ3v) is 3.07. The molecular weight excluding hydrogens is 244 g/mol. The lowest BCUT2D eigenvalue weighted by Crippen LogP contribution is -2.29. The summed E-state index contributed by atoms with van der Waals surface area (Å²) >= 11 is 0. The fourth-order valence-electron chi connectivity index (χ4n) is 1.17. The topological polar surface area (TPSA) is 84.5 Å². The molecule has 0 aliphatic carbocycles. The molecule has 0 fully saturated rings. The summed E-state index contributed by atoms with van der Waals surface area (Å²) in [5, 5.41) is 0. The Labute approximate surface area is 100 Å². The number of carbonyl (C=O) groups excluding carboxylic acids is 1. The quantitative estimate of drug-likeness (QED) is 0.763. The smallest absolute Gasteiger partial charge is 0.337 e. The Morgan fingerprint density at radius 1 is 1.29 bits per heavy atom. The Morgan fingerprint density at radius 2 is 1.88 bits per heavy atom. The largest absolute Gasteiger partial charge is 0.465 e. The summed E-state index contributed by atoms with van der Waals surface area (Å²) in [6.07, 6.45) is 0. The first-order valence-corrected chi connectivity index (χ1v) is 6.42. The predicted octanol–water partition coefficient (Wildman–Crippen LogP) is 0.739. The molecule has 17 heavy (non-hydrogen) atoms. The number of ether oxygens (including phenoxy) is 1. The van der Waals surface area contributed by atoms with Gasteiger partial charge in [-0.25, -0.2) is 4.79 Å². The van der Waals surface area contributed by atoms with E-state index in [1.165, 1.54) is 31.4 Å². The van der Waals surface area contributed by atoms with Gasteiger partial charge in [-0.3, -0.25) is 4.72 Å². The average molecular weight is 258 g/mol. The van der Waals surface area contributed by atoms with Gasteiger partial charge >= 0.3 is 5.97 Å². The van der Waals surface area contributed by atoms with Gasteiger partial charge in [0.15, 0.2) is 0 Å². The van der Waals surface area contributed by atoms with Crippen LogP contribution < -0.4 is 9.44 Å². The van der Waals surface area contributed by atoms with Crippen LogP contribution in [0, 0.1) is 0 Å². The number of esters is 1. The Morgan fingerprint density at radius 3 is 2.35 bits per heavy atom. The summed E-state index contributed by atoms with van der Waals surface area (Å²) in [6, 6.07) is 5.94. The SMILES string of the molecule is CCNS(=O)(=O)Nc1ccc(C(=O)OC)cc1. The van der Waals surface area contributed by atoms with Crippen LogP contribution in [0.15, 0.2) is 24.3 Å². The van der Waals surface area contributed by atoms with E-state index in [0.29, 0.717) is 17.8 Å². The molecule has 6 nitrogen and oxygen atoms in total. The molecule has 7 heteroatoms. The molecule has 2 N–H and O–H groups in total. The molecule has 0 heterocycles. The van der Waals surface area contributed by atoms with Gasteiger partial charge in [-0.2, -0.15) is 13.1 Å². The van der Waals surface area contributed by atoms with Gasteiger partial charge in [0.05, 0.1) is 12.7 Å². The first-order valence-electron chi connectivity index (χ1n) is 4.94. The van der Waals surface area contributed by atoms with Crippen molar-refractivity contribution in [2.24, 2.45) is 0 Å². The highest BCUT2D eigenvalue weighted by molar-refractivity contribution is 7.90. The van der Waals surface area contributed by atoms with Gasteiger partial charge in [0.1, 0.15) is 0 Å². The van der Waals surface area contributed by atoms with Crippen molar-refractivity contribution in [1.82, 2.24) is 4.72 Å². The molecule has 1 rings (SSSR count). The van der Waals surface area contributed by atoms with Crippen molar-refractivity contribution in [3.8, 4) is 0 Å². The summed E-state index contributed by atoms with van der Waals surface area (Å²) in [5.74, 6) is -0.467. The van der Waals surface area contributed by atoms with Crippen LogP contribution in [-0.2, 0) is 14.9 Å². The Bertz CT molecular complexity index is 482. The zero-order valence-corrected chi connectivity index (χ0v) is 10.4. The summed E-state index contributed by atoms with van der Waals surface area (Å²) < 4.78 is 31.8. The van der Waals surface area contributed by atoms with Crippen molar-refractivity contribution in [2.45, 2.75) is 6.92 Å². The van der Waals surface area contributed by atoms with Crippen LogP contribution in [0.3, 0.4) is 0 Å². The van der Waals surface area contributed by atoms with E-state index in [1.807, 2.05) is 0 Å². The molecule has 0 aliphatic rings. The number of benzene rings is 1. The molecule has 0 atom stereocenters. The molecule has 0 spiro atoms. The minimum Gasteiger partial charge on any atom is -0.465 e. The number of nitrogens with one attached hydrogen (secondary N) is 2. The lowest BCUT2D eigenvalue weighted by atomic mass is 10.2. The van der Waals surface area contributed by atoms with E-state index in [0.717, 1.165) is 0 Å². The van der Waals surface area contributed by atoms with E-state index < -0.39 is 16.2 Å². The number of methoxy groups -OCH3 is 1. The Hall–Kier alpha value is -1.60. The van der Waals surface area contributed by atoms with Crippen LogP contribution in [0.5, 0.6) is 0 Å². The number of hydrogen-bond acceptors (Lipinski definition) is 4. The predicted molar refractivity (Wildman–Crippen MR) is 64.0 cm³/mol. The van der Waals surface area contributed by atoms with E-state index in [1.54, 1.807) is 6.92 Å². The van der Waals surface area contributed by atoms with Gasteiger partial charge in [0, 0.05) is 12.2 Å². The van der Waals surface area contributed by atoms with E-state index in [2.05, 4.69) is 14.2 Å². The summed E-state index contributed by atoms with van der Waals surface area (Å²) in [7, 11) is -2.26. The molecule has 1 aromatic carbocycles. The van der Waals surface area contributed by atoms with Crippen LogP contribution in [-0.4, -0.2) is 28.0 Å². The molecule has 0 aliphatic heterocycles. The molecule has 0 saturated heterocycles. The number of hydrogen-bond donors (Lipinski definition) is 2. The average Bonchev–Trinajstić information content (AvgIpc) is 2.28. The second-order valence-corrected chi connectivity index (χ2v) is 4.67. The lowest BCUT2D eigenvalue weighted by molar-refractivity contribution is 0.0601. The summed E-state index contributed by atoms with van der Waals surface area (Å²) in [5.41, 5.74) is 0.734. The zero-order valence-electron chi connectivity index (χ0n) is 9.56. The van der Waals surface area contributed by atoms with Crippen molar-refractivity contribution in [3.05, 3.63) is 29.8 Å². The Balaban J connectivity index is 2.79. The molecule has 0 unspecified atom stereocenters. The monoisotopic (exact) mass is 258 g/mol. The molecule has 1 aromatic rings. The summed E-state index contributed by atoms with van der Waals surface area (Å²) in [4.78, 5) is 11.1. The van der Waals surface area contributed by atoms with E-state index in [9.17, 15) is 13.2 Å². The van der Waals surface area contributed by atoms with Crippen molar-refractivity contribution >= 4 is 21.9 Å². The molecule has 0 saturated carbocycles. The maximum absolute atomic E-state index is 11.4. The first-order chi connectivity index (χ1) is 7.98. The maximum Gasteiger partial charge on any atom is 0.337 e. The van der Waals surface area contributed by atoms with Crippen LogP contribution in [0.25, 0.3) is 0 Å². The lowest BCUT2D eigenvalue weighted by Gasteiger charge is -2.08. The molecular formula is C10H14N2O4S. The van der Waals surface area contributed by atoms with E-state index in [4.69, 9.17) is 0 Å². The van der Waals surface area contributed by atoms with Gasteiger partial charge < -0.3 is 4.74 Å². The van der Waals surface area contributed by atoms with Crippen molar-refractivity contribution in [1.29, 1.82) is 0 Å². The van der Waals surface area contributed by atoms with Crippen LogP contribution in [0.2, 0.25) is 0 Å². The standard InChI is InChI=1S/C10H14N2O4S/c1-3-11-17(14,15)12-9-6-4-8(5-7-9)10(13)16-2/h4-7,11-12H,3H2,1-2H3. The van der Waals surface area contributed by atoms with E-state index >= 15 is 0 Å². The number of rotatable bonds is 5. The van der Waals surface area contributed by atoms with Crippen LogP contribution in [0.4, 0.5) is 5.69 Å². The maximum atomic E-state index is 11.4.